The average molecular weight is 481 g/mol. The number of hydrogen-bond acceptors (Lipinski definition) is 5. The molecule has 0 atom stereocenters. The van der Waals surface area contributed by atoms with Crippen molar-refractivity contribution in [2.45, 2.75) is 31.3 Å². The van der Waals surface area contributed by atoms with E-state index in [0.717, 1.165) is 9.87 Å². The van der Waals surface area contributed by atoms with Crippen molar-refractivity contribution in [2.24, 2.45) is 0 Å². The summed E-state index contributed by atoms with van der Waals surface area (Å²) in [7, 11) is -2.62. The number of carbonyl (C=O) groups excluding carboxylic acids is 2. The average Bonchev–Trinajstić information content (AvgIpc) is 2.86. The van der Waals surface area contributed by atoms with E-state index >= 15 is 0 Å². The van der Waals surface area contributed by atoms with Crippen LogP contribution in [0.25, 0.3) is 0 Å². The summed E-state index contributed by atoms with van der Waals surface area (Å²) < 4.78 is 32.8. The summed E-state index contributed by atoms with van der Waals surface area (Å²) >= 11 is 0. The van der Waals surface area contributed by atoms with Crippen LogP contribution in [0.4, 0.5) is 5.69 Å². The van der Waals surface area contributed by atoms with Crippen LogP contribution in [0.2, 0.25) is 0 Å². The summed E-state index contributed by atoms with van der Waals surface area (Å²) in [5.41, 5.74) is 1.28. The van der Waals surface area contributed by atoms with E-state index in [2.05, 4.69) is 0 Å². The first kappa shape index (κ1) is 25.0. The zero-order chi connectivity index (χ0) is 24.7. The molecule has 178 valence electrons. The van der Waals surface area contributed by atoms with E-state index in [4.69, 9.17) is 4.74 Å². The number of carbonyl (C=O) groups is 2. The molecular weight excluding hydrogens is 452 g/mol. The Kier molecular flexibility index (Phi) is 8.07. The number of para-hydroxylation sites is 1. The maximum Gasteiger partial charge on any atom is 0.340 e. The number of anilines is 1. The third kappa shape index (κ3) is 5.82. The Labute approximate surface area is 200 Å². The predicted molar refractivity (Wildman–Crippen MR) is 131 cm³/mol. The Balaban J connectivity index is 1.76. The zero-order valence-corrected chi connectivity index (χ0v) is 20.2. The molecule has 3 rings (SSSR count). The molecule has 34 heavy (non-hydrogen) atoms. The van der Waals surface area contributed by atoms with E-state index in [-0.39, 0.29) is 22.4 Å². The largest absolute Gasteiger partial charge is 0.452 e. The van der Waals surface area contributed by atoms with E-state index in [1.54, 1.807) is 41.3 Å². The number of sulfonamides is 1. The van der Waals surface area contributed by atoms with Gasteiger partial charge < -0.3 is 9.64 Å². The summed E-state index contributed by atoms with van der Waals surface area (Å²) in [6.45, 7) is 3.64. The molecule has 7 nitrogen and oxygen atoms in total. The second kappa shape index (κ2) is 11.0. The highest BCUT2D eigenvalue weighted by Gasteiger charge is 2.28. The van der Waals surface area contributed by atoms with Gasteiger partial charge in [-0.3, -0.25) is 9.10 Å². The Morgan fingerprint density at radius 2 is 1.41 bits per heavy atom. The molecule has 0 aliphatic heterocycles. The number of esters is 1. The van der Waals surface area contributed by atoms with Crippen LogP contribution in [-0.4, -0.2) is 44.9 Å². The third-order valence-electron chi connectivity index (χ3n) is 5.33. The van der Waals surface area contributed by atoms with Crippen molar-refractivity contribution in [3.63, 3.8) is 0 Å². The molecule has 1 amide bonds. The standard InChI is InChI=1S/C26H28N2O5S/c1-20(2)28(18-21-12-6-4-7-13-21)25(29)19-33-26(30)23-16-10-11-17-24(23)34(31,32)27(3)22-14-8-5-9-15-22/h4-17,20H,18-19H2,1-3H3. The van der Waals surface area contributed by atoms with Crippen LogP contribution in [0.3, 0.4) is 0 Å². The van der Waals surface area contributed by atoms with Crippen LogP contribution in [0, 0.1) is 0 Å². The van der Waals surface area contributed by atoms with Crippen LogP contribution in [-0.2, 0) is 26.1 Å². The zero-order valence-electron chi connectivity index (χ0n) is 19.4. The quantitative estimate of drug-likeness (QED) is 0.431. The van der Waals surface area contributed by atoms with Crippen LogP contribution in [0.1, 0.15) is 29.8 Å². The summed E-state index contributed by atoms with van der Waals surface area (Å²) in [5.74, 6) is -1.24. The van der Waals surface area contributed by atoms with Gasteiger partial charge in [0.2, 0.25) is 0 Å². The second-order valence-electron chi connectivity index (χ2n) is 7.98. The predicted octanol–water partition coefficient (Wildman–Crippen LogP) is 4.11. The van der Waals surface area contributed by atoms with Gasteiger partial charge in [0, 0.05) is 19.6 Å². The SMILES string of the molecule is CC(C)N(Cc1ccccc1)C(=O)COC(=O)c1ccccc1S(=O)(=O)N(C)c1ccccc1. The summed E-state index contributed by atoms with van der Waals surface area (Å²) in [4.78, 5) is 27.1. The fourth-order valence-corrected chi connectivity index (χ4v) is 4.79. The van der Waals surface area contributed by atoms with Crippen molar-refractivity contribution >= 4 is 27.6 Å². The minimum Gasteiger partial charge on any atom is -0.452 e. The molecule has 0 heterocycles. The fourth-order valence-electron chi connectivity index (χ4n) is 3.41. The first-order valence-corrected chi connectivity index (χ1v) is 12.3. The van der Waals surface area contributed by atoms with E-state index in [1.165, 1.54) is 25.2 Å². The monoisotopic (exact) mass is 480 g/mol. The smallest absolute Gasteiger partial charge is 0.340 e. The minimum atomic E-state index is -4.04. The molecule has 0 radical (unpaired) electrons. The summed E-state index contributed by atoms with van der Waals surface area (Å²) in [5, 5.41) is 0. The molecule has 0 saturated carbocycles. The maximum atomic E-state index is 13.2. The van der Waals surface area contributed by atoms with Crippen molar-refractivity contribution in [3.05, 3.63) is 96.1 Å². The van der Waals surface area contributed by atoms with Gasteiger partial charge in [-0.05, 0) is 43.7 Å². The summed E-state index contributed by atoms with van der Waals surface area (Å²) in [6.07, 6.45) is 0. The van der Waals surface area contributed by atoms with Crippen LogP contribution < -0.4 is 4.31 Å². The molecular formula is C26H28N2O5S. The number of ether oxygens (including phenoxy) is 1. The van der Waals surface area contributed by atoms with Gasteiger partial charge in [0.05, 0.1) is 11.3 Å². The Bertz CT molecular complexity index is 1230. The van der Waals surface area contributed by atoms with Crippen molar-refractivity contribution in [1.82, 2.24) is 4.90 Å². The lowest BCUT2D eigenvalue weighted by atomic mass is 10.2. The topological polar surface area (TPSA) is 84.0 Å². The normalized spacial score (nSPS) is 11.2. The highest BCUT2D eigenvalue weighted by Crippen LogP contribution is 2.25. The van der Waals surface area contributed by atoms with Crippen LogP contribution >= 0.6 is 0 Å². The first-order chi connectivity index (χ1) is 16.2. The van der Waals surface area contributed by atoms with E-state index in [0.29, 0.717) is 12.2 Å². The van der Waals surface area contributed by atoms with Gasteiger partial charge in [0.25, 0.3) is 15.9 Å². The van der Waals surface area contributed by atoms with Crippen molar-refractivity contribution in [3.8, 4) is 0 Å². The molecule has 0 spiro atoms. The molecule has 0 fully saturated rings. The molecule has 0 N–H and O–H groups in total. The molecule has 3 aromatic rings. The van der Waals surface area contributed by atoms with Crippen molar-refractivity contribution < 1.29 is 22.7 Å². The van der Waals surface area contributed by atoms with Gasteiger partial charge in [0.15, 0.2) is 6.61 Å². The first-order valence-electron chi connectivity index (χ1n) is 10.9. The van der Waals surface area contributed by atoms with Crippen LogP contribution in [0.5, 0.6) is 0 Å². The minimum absolute atomic E-state index is 0.112. The van der Waals surface area contributed by atoms with Crippen molar-refractivity contribution in [2.75, 3.05) is 18.0 Å². The van der Waals surface area contributed by atoms with Gasteiger partial charge in [-0.15, -0.1) is 0 Å². The molecule has 3 aromatic carbocycles. The van der Waals surface area contributed by atoms with Gasteiger partial charge in [0.1, 0.15) is 4.90 Å². The number of nitrogens with zero attached hydrogens (tertiary/aromatic N) is 2. The molecule has 8 heteroatoms. The van der Waals surface area contributed by atoms with E-state index in [9.17, 15) is 18.0 Å². The van der Waals surface area contributed by atoms with E-state index < -0.39 is 22.6 Å². The molecule has 0 bridgehead atoms. The highest BCUT2D eigenvalue weighted by molar-refractivity contribution is 7.92. The molecule has 0 saturated heterocycles. The molecule has 0 aromatic heterocycles. The van der Waals surface area contributed by atoms with Crippen LogP contribution in [0.15, 0.2) is 89.8 Å². The third-order valence-corrected chi connectivity index (χ3v) is 7.18. The van der Waals surface area contributed by atoms with Gasteiger partial charge >= 0.3 is 5.97 Å². The lowest BCUT2D eigenvalue weighted by Gasteiger charge is -2.27. The number of benzene rings is 3. The highest BCUT2D eigenvalue weighted by atomic mass is 32.2. The fraction of sp³-hybridized carbons (Fsp3) is 0.231. The lowest BCUT2D eigenvalue weighted by Crippen LogP contribution is -2.39. The van der Waals surface area contributed by atoms with Gasteiger partial charge in [-0.25, -0.2) is 13.2 Å². The van der Waals surface area contributed by atoms with Gasteiger partial charge in [-0.2, -0.15) is 0 Å². The Morgan fingerprint density at radius 1 is 0.853 bits per heavy atom. The number of hydrogen-bond donors (Lipinski definition) is 0. The second-order valence-corrected chi connectivity index (χ2v) is 9.92. The van der Waals surface area contributed by atoms with Crippen molar-refractivity contribution in [1.29, 1.82) is 0 Å². The maximum absolute atomic E-state index is 13.2. The van der Waals surface area contributed by atoms with E-state index in [1.807, 2.05) is 44.2 Å². The Morgan fingerprint density at radius 3 is 2.03 bits per heavy atom. The molecule has 0 aliphatic rings. The number of rotatable bonds is 9. The molecule has 0 unspecified atom stereocenters. The number of amides is 1. The lowest BCUT2D eigenvalue weighted by molar-refractivity contribution is -0.136. The molecule has 0 aliphatic carbocycles. The van der Waals surface area contributed by atoms with Gasteiger partial charge in [-0.1, -0.05) is 60.7 Å². The summed E-state index contributed by atoms with van der Waals surface area (Å²) in [6, 6.07) is 23.8. The Hall–Kier alpha value is -3.65.